The summed E-state index contributed by atoms with van der Waals surface area (Å²) in [5, 5.41) is 10.7. The lowest BCUT2D eigenvalue weighted by molar-refractivity contribution is -0.282. The fourth-order valence-electron chi connectivity index (χ4n) is 3.61. The molecule has 0 unspecified atom stereocenters. The van der Waals surface area contributed by atoms with E-state index < -0.39 is 0 Å². The van der Waals surface area contributed by atoms with E-state index in [0.29, 0.717) is 19.1 Å². The van der Waals surface area contributed by atoms with Crippen LogP contribution in [-0.2, 0) is 22.9 Å². The van der Waals surface area contributed by atoms with Gasteiger partial charge in [0.15, 0.2) is 0 Å². The minimum atomic E-state index is 0.159. The van der Waals surface area contributed by atoms with E-state index in [-0.39, 0.29) is 6.61 Å². The normalized spacial score (nSPS) is 16.5. The number of rotatable bonds is 6. The molecule has 0 spiro atoms. The van der Waals surface area contributed by atoms with Gasteiger partial charge in [-0.05, 0) is 36.0 Å². The number of benzene rings is 1. The number of hydrogen-bond donors (Lipinski definition) is 1. The van der Waals surface area contributed by atoms with Crippen molar-refractivity contribution in [3.8, 4) is 0 Å². The van der Waals surface area contributed by atoms with E-state index >= 15 is 0 Å². The molecule has 1 aliphatic carbocycles. The smallest absolute Gasteiger partial charge is 0.107 e. The Labute approximate surface area is 131 Å². The third kappa shape index (κ3) is 3.19. The summed E-state index contributed by atoms with van der Waals surface area (Å²) >= 11 is 0. The standard InChI is InChI=1S/C18H25NO3/c1-21-22-13-14-7-8-16-17(15-5-3-2-4-6-15)12-19(9-10-20)18(16)11-14/h7-8,11-12,15,20H,2-6,9-10,13H2,1H3. The molecule has 120 valence electrons. The average Bonchev–Trinajstić information content (AvgIpc) is 2.92. The van der Waals surface area contributed by atoms with Crippen molar-refractivity contribution in [2.24, 2.45) is 0 Å². The van der Waals surface area contributed by atoms with Crippen LogP contribution in [0.5, 0.6) is 0 Å². The first-order valence-electron chi connectivity index (χ1n) is 8.21. The number of fused-ring (bicyclic) bond motifs is 1. The van der Waals surface area contributed by atoms with E-state index in [1.807, 2.05) is 0 Å². The predicted molar refractivity (Wildman–Crippen MR) is 86.6 cm³/mol. The lowest BCUT2D eigenvalue weighted by Gasteiger charge is -2.21. The number of hydrogen-bond acceptors (Lipinski definition) is 3. The molecule has 3 rings (SSSR count). The van der Waals surface area contributed by atoms with Crippen LogP contribution in [0.15, 0.2) is 24.4 Å². The lowest BCUT2D eigenvalue weighted by Crippen LogP contribution is -2.04. The first-order chi connectivity index (χ1) is 10.8. The molecule has 0 aliphatic heterocycles. The summed E-state index contributed by atoms with van der Waals surface area (Å²) in [7, 11) is 1.52. The maximum absolute atomic E-state index is 9.34. The number of aliphatic hydroxyl groups excluding tert-OH is 1. The molecule has 0 amide bonds. The number of aromatic nitrogens is 1. The summed E-state index contributed by atoms with van der Waals surface area (Å²) in [5.74, 6) is 0.664. The molecule has 1 heterocycles. The summed E-state index contributed by atoms with van der Waals surface area (Å²) in [5.41, 5.74) is 3.72. The Morgan fingerprint density at radius 1 is 1.23 bits per heavy atom. The molecular weight excluding hydrogens is 278 g/mol. The highest BCUT2D eigenvalue weighted by atomic mass is 17.2. The molecule has 0 radical (unpaired) electrons. The summed E-state index contributed by atoms with van der Waals surface area (Å²) in [6.45, 7) is 1.24. The van der Waals surface area contributed by atoms with E-state index in [2.05, 4.69) is 33.9 Å². The zero-order chi connectivity index (χ0) is 15.4. The second-order valence-electron chi connectivity index (χ2n) is 6.12. The van der Waals surface area contributed by atoms with Gasteiger partial charge in [-0.15, -0.1) is 0 Å². The highest BCUT2D eigenvalue weighted by Crippen LogP contribution is 2.37. The fraction of sp³-hybridized carbons (Fsp3) is 0.556. The van der Waals surface area contributed by atoms with Crippen molar-refractivity contribution in [3.63, 3.8) is 0 Å². The Morgan fingerprint density at radius 3 is 2.77 bits per heavy atom. The summed E-state index contributed by atoms with van der Waals surface area (Å²) < 4.78 is 2.18. The molecule has 4 nitrogen and oxygen atoms in total. The third-order valence-electron chi connectivity index (χ3n) is 4.71. The Bertz CT molecular complexity index is 614. The van der Waals surface area contributed by atoms with Crippen LogP contribution in [0.4, 0.5) is 0 Å². The largest absolute Gasteiger partial charge is 0.395 e. The Hall–Kier alpha value is -1.36. The van der Waals surface area contributed by atoms with Gasteiger partial charge in [0.2, 0.25) is 0 Å². The van der Waals surface area contributed by atoms with Crippen molar-refractivity contribution in [2.45, 2.75) is 51.2 Å². The van der Waals surface area contributed by atoms with Gasteiger partial charge in [0, 0.05) is 23.6 Å². The molecule has 2 aromatic rings. The average molecular weight is 303 g/mol. The van der Waals surface area contributed by atoms with E-state index in [0.717, 1.165) is 5.56 Å². The van der Waals surface area contributed by atoms with Crippen LogP contribution in [0, 0.1) is 0 Å². The van der Waals surface area contributed by atoms with Crippen LogP contribution in [0.25, 0.3) is 10.9 Å². The topological polar surface area (TPSA) is 43.6 Å². The Balaban J connectivity index is 1.98. The van der Waals surface area contributed by atoms with Gasteiger partial charge in [0.25, 0.3) is 0 Å². The molecule has 4 heteroatoms. The van der Waals surface area contributed by atoms with Gasteiger partial charge in [0.05, 0.1) is 13.7 Å². The Morgan fingerprint density at radius 2 is 2.05 bits per heavy atom. The molecule has 1 aromatic heterocycles. The first-order valence-corrected chi connectivity index (χ1v) is 8.21. The van der Waals surface area contributed by atoms with Crippen molar-refractivity contribution in [2.75, 3.05) is 13.7 Å². The zero-order valence-electron chi connectivity index (χ0n) is 13.3. The van der Waals surface area contributed by atoms with Crippen LogP contribution in [0.2, 0.25) is 0 Å². The van der Waals surface area contributed by atoms with Gasteiger partial charge >= 0.3 is 0 Å². The fourth-order valence-corrected chi connectivity index (χ4v) is 3.61. The molecule has 1 aliphatic rings. The molecule has 1 aromatic carbocycles. The number of aliphatic hydroxyl groups is 1. The molecule has 0 atom stereocenters. The predicted octanol–water partition coefficient (Wildman–Crippen LogP) is 3.76. The molecule has 1 saturated carbocycles. The van der Waals surface area contributed by atoms with Crippen molar-refractivity contribution in [3.05, 3.63) is 35.5 Å². The minimum Gasteiger partial charge on any atom is -0.395 e. The molecule has 1 N–H and O–H groups in total. The van der Waals surface area contributed by atoms with Gasteiger partial charge < -0.3 is 9.67 Å². The Kier molecular flexibility index (Phi) is 5.13. The van der Waals surface area contributed by atoms with Crippen LogP contribution in [0.3, 0.4) is 0 Å². The van der Waals surface area contributed by atoms with Gasteiger partial charge in [0.1, 0.15) is 6.61 Å². The van der Waals surface area contributed by atoms with Crippen molar-refractivity contribution < 1.29 is 14.9 Å². The lowest BCUT2D eigenvalue weighted by atomic mass is 9.84. The summed E-state index contributed by atoms with van der Waals surface area (Å²) in [4.78, 5) is 9.72. The molecular formula is C18H25NO3. The monoisotopic (exact) mass is 303 g/mol. The second-order valence-corrected chi connectivity index (χ2v) is 6.12. The van der Waals surface area contributed by atoms with E-state index in [1.165, 1.54) is 55.7 Å². The van der Waals surface area contributed by atoms with Crippen molar-refractivity contribution in [1.29, 1.82) is 0 Å². The second kappa shape index (κ2) is 7.27. The van der Waals surface area contributed by atoms with E-state index in [1.54, 1.807) is 0 Å². The maximum atomic E-state index is 9.34. The molecule has 0 bridgehead atoms. The van der Waals surface area contributed by atoms with Gasteiger partial charge in [-0.1, -0.05) is 31.4 Å². The zero-order valence-corrected chi connectivity index (χ0v) is 13.3. The third-order valence-corrected chi connectivity index (χ3v) is 4.71. The minimum absolute atomic E-state index is 0.159. The first kappa shape index (κ1) is 15.5. The molecule has 0 saturated heterocycles. The number of nitrogens with zero attached hydrogens (tertiary/aromatic N) is 1. The van der Waals surface area contributed by atoms with Gasteiger partial charge in [-0.3, -0.25) is 0 Å². The van der Waals surface area contributed by atoms with Crippen LogP contribution >= 0.6 is 0 Å². The van der Waals surface area contributed by atoms with Crippen LogP contribution < -0.4 is 0 Å². The van der Waals surface area contributed by atoms with E-state index in [9.17, 15) is 5.11 Å². The van der Waals surface area contributed by atoms with Crippen LogP contribution in [-0.4, -0.2) is 23.4 Å². The molecule has 1 fully saturated rings. The quantitative estimate of drug-likeness (QED) is 0.653. The highest BCUT2D eigenvalue weighted by Gasteiger charge is 2.20. The maximum Gasteiger partial charge on any atom is 0.107 e. The van der Waals surface area contributed by atoms with Crippen molar-refractivity contribution >= 4 is 10.9 Å². The summed E-state index contributed by atoms with van der Waals surface area (Å²) in [6, 6.07) is 6.45. The summed E-state index contributed by atoms with van der Waals surface area (Å²) in [6.07, 6.45) is 8.84. The van der Waals surface area contributed by atoms with Crippen LogP contribution in [0.1, 0.15) is 49.1 Å². The SMILES string of the molecule is COOCc1ccc2c(C3CCCCC3)cn(CCO)c2c1. The van der Waals surface area contributed by atoms with Gasteiger partial charge in [-0.25, -0.2) is 9.78 Å². The van der Waals surface area contributed by atoms with E-state index in [4.69, 9.17) is 4.89 Å². The van der Waals surface area contributed by atoms with Gasteiger partial charge in [-0.2, -0.15) is 0 Å². The van der Waals surface area contributed by atoms with Crippen molar-refractivity contribution in [1.82, 2.24) is 4.57 Å². The highest BCUT2D eigenvalue weighted by molar-refractivity contribution is 5.85. The molecule has 22 heavy (non-hydrogen) atoms.